The van der Waals surface area contributed by atoms with Gasteiger partial charge in [0.2, 0.25) is 0 Å². The molecule has 0 saturated carbocycles. The third kappa shape index (κ3) is 3.65. The molecule has 0 atom stereocenters. The van der Waals surface area contributed by atoms with E-state index in [1.165, 1.54) is 16.3 Å². The van der Waals surface area contributed by atoms with Crippen molar-refractivity contribution in [3.63, 3.8) is 0 Å². The maximum Gasteiger partial charge on any atom is 0.0471 e. The van der Waals surface area contributed by atoms with Crippen molar-refractivity contribution in [1.82, 2.24) is 0 Å². The molecule has 0 radical (unpaired) electrons. The summed E-state index contributed by atoms with van der Waals surface area (Å²) in [5, 5.41) is 18.9. The predicted octanol–water partition coefficient (Wildman–Crippen LogP) is 2.37. The molecule has 0 unspecified atom stereocenters. The standard InChI is InChI=1S/C12H12O.C2H6O/c13-8-7-10-5-6-11-3-1-2-4-12(11)9-10;1-2-3/h1-6,9,13H,7-8H2;3H,2H2,1H3. The first kappa shape index (κ1) is 12.7. The van der Waals surface area contributed by atoms with Crippen molar-refractivity contribution < 1.29 is 10.2 Å². The van der Waals surface area contributed by atoms with Crippen molar-refractivity contribution in [2.75, 3.05) is 13.2 Å². The number of rotatable bonds is 2. The predicted molar refractivity (Wildman–Crippen MR) is 67.5 cm³/mol. The molecular formula is C14H18O2. The van der Waals surface area contributed by atoms with Gasteiger partial charge in [-0.15, -0.1) is 0 Å². The zero-order chi connectivity index (χ0) is 11.8. The second-order valence-electron chi connectivity index (χ2n) is 3.47. The van der Waals surface area contributed by atoms with Gasteiger partial charge in [0.05, 0.1) is 0 Å². The highest BCUT2D eigenvalue weighted by Gasteiger charge is 1.94. The second-order valence-corrected chi connectivity index (χ2v) is 3.47. The van der Waals surface area contributed by atoms with Crippen LogP contribution in [0.3, 0.4) is 0 Å². The molecule has 0 saturated heterocycles. The Morgan fingerprint density at radius 2 is 1.56 bits per heavy atom. The zero-order valence-corrected chi connectivity index (χ0v) is 9.56. The number of benzene rings is 2. The zero-order valence-electron chi connectivity index (χ0n) is 9.56. The van der Waals surface area contributed by atoms with Crippen molar-refractivity contribution in [3.8, 4) is 0 Å². The highest BCUT2D eigenvalue weighted by atomic mass is 16.3. The van der Waals surface area contributed by atoms with Gasteiger partial charge in [-0.1, -0.05) is 42.5 Å². The highest BCUT2D eigenvalue weighted by molar-refractivity contribution is 5.82. The van der Waals surface area contributed by atoms with Crippen molar-refractivity contribution in [2.24, 2.45) is 0 Å². The fraction of sp³-hybridized carbons (Fsp3) is 0.286. The van der Waals surface area contributed by atoms with Crippen LogP contribution in [0.1, 0.15) is 12.5 Å². The minimum atomic E-state index is 0.221. The molecule has 2 aromatic carbocycles. The molecule has 0 bridgehead atoms. The average Bonchev–Trinajstić information content (AvgIpc) is 2.30. The lowest BCUT2D eigenvalue weighted by atomic mass is 10.1. The lowest BCUT2D eigenvalue weighted by Gasteiger charge is -2.00. The Balaban J connectivity index is 0.000000386. The first-order chi connectivity index (χ1) is 7.81. The largest absolute Gasteiger partial charge is 0.397 e. The summed E-state index contributed by atoms with van der Waals surface area (Å²) < 4.78 is 0. The van der Waals surface area contributed by atoms with Gasteiger partial charge in [-0.05, 0) is 29.7 Å². The first-order valence-corrected chi connectivity index (χ1v) is 5.51. The van der Waals surface area contributed by atoms with Gasteiger partial charge < -0.3 is 10.2 Å². The summed E-state index contributed by atoms with van der Waals surface area (Å²) in [6, 6.07) is 14.6. The summed E-state index contributed by atoms with van der Waals surface area (Å²) in [6.45, 7) is 2.15. The maximum atomic E-state index is 8.79. The molecule has 0 aliphatic carbocycles. The number of hydrogen-bond donors (Lipinski definition) is 2. The van der Waals surface area contributed by atoms with Crippen molar-refractivity contribution in [1.29, 1.82) is 0 Å². The topological polar surface area (TPSA) is 40.5 Å². The monoisotopic (exact) mass is 218 g/mol. The van der Waals surface area contributed by atoms with Crippen LogP contribution in [-0.2, 0) is 6.42 Å². The van der Waals surface area contributed by atoms with Gasteiger partial charge in [-0.2, -0.15) is 0 Å². The Hall–Kier alpha value is -1.38. The Kier molecular flexibility index (Phi) is 5.54. The molecule has 86 valence electrons. The summed E-state index contributed by atoms with van der Waals surface area (Å²) in [6.07, 6.45) is 0.741. The summed E-state index contributed by atoms with van der Waals surface area (Å²) in [5.41, 5.74) is 1.20. The lowest BCUT2D eigenvalue weighted by molar-refractivity contribution is 0.299. The van der Waals surface area contributed by atoms with E-state index in [1.54, 1.807) is 6.92 Å². The van der Waals surface area contributed by atoms with Crippen LogP contribution in [0.4, 0.5) is 0 Å². The molecule has 2 rings (SSSR count). The second kappa shape index (κ2) is 6.99. The molecule has 0 aliphatic heterocycles. The molecular weight excluding hydrogens is 200 g/mol. The minimum absolute atomic E-state index is 0.221. The SMILES string of the molecule is CCO.OCCc1ccc2ccccc2c1. The molecule has 0 spiro atoms. The molecule has 2 heteroatoms. The molecule has 2 N–H and O–H groups in total. The molecule has 0 aromatic heterocycles. The fourth-order valence-corrected chi connectivity index (χ4v) is 1.52. The Morgan fingerprint density at radius 1 is 0.938 bits per heavy atom. The van der Waals surface area contributed by atoms with Gasteiger partial charge in [-0.3, -0.25) is 0 Å². The Bertz CT molecular complexity index is 424. The normalized spacial score (nSPS) is 9.69. The minimum Gasteiger partial charge on any atom is -0.397 e. The van der Waals surface area contributed by atoms with Crippen LogP contribution in [0, 0.1) is 0 Å². The van der Waals surface area contributed by atoms with E-state index in [4.69, 9.17) is 10.2 Å². The molecule has 0 fully saturated rings. The lowest BCUT2D eigenvalue weighted by Crippen LogP contribution is -1.89. The van der Waals surface area contributed by atoms with Crippen LogP contribution in [0.15, 0.2) is 42.5 Å². The van der Waals surface area contributed by atoms with Crippen LogP contribution in [0.2, 0.25) is 0 Å². The third-order valence-electron chi connectivity index (χ3n) is 2.21. The number of hydrogen-bond acceptors (Lipinski definition) is 2. The van der Waals surface area contributed by atoms with Gasteiger partial charge >= 0.3 is 0 Å². The fourth-order valence-electron chi connectivity index (χ4n) is 1.52. The van der Waals surface area contributed by atoms with Crippen LogP contribution < -0.4 is 0 Å². The summed E-state index contributed by atoms with van der Waals surface area (Å²) in [5.74, 6) is 0. The van der Waals surface area contributed by atoms with Gasteiger partial charge in [-0.25, -0.2) is 0 Å². The van der Waals surface area contributed by atoms with Gasteiger partial charge in [0.1, 0.15) is 0 Å². The van der Waals surface area contributed by atoms with Gasteiger partial charge in [0.25, 0.3) is 0 Å². The van der Waals surface area contributed by atoms with Crippen LogP contribution in [0.5, 0.6) is 0 Å². The van der Waals surface area contributed by atoms with E-state index in [0.29, 0.717) is 0 Å². The summed E-state index contributed by atoms with van der Waals surface area (Å²) >= 11 is 0. The van der Waals surface area contributed by atoms with E-state index < -0.39 is 0 Å². The molecule has 16 heavy (non-hydrogen) atoms. The molecule has 0 heterocycles. The maximum absolute atomic E-state index is 8.79. The quantitative estimate of drug-likeness (QED) is 0.812. The van der Waals surface area contributed by atoms with E-state index in [0.717, 1.165) is 6.42 Å². The van der Waals surface area contributed by atoms with E-state index in [1.807, 2.05) is 12.1 Å². The molecule has 0 aliphatic rings. The first-order valence-electron chi connectivity index (χ1n) is 5.51. The molecule has 0 amide bonds. The number of aliphatic hydroxyl groups is 2. The molecule has 2 aromatic rings. The van der Waals surface area contributed by atoms with Crippen LogP contribution in [0.25, 0.3) is 10.8 Å². The van der Waals surface area contributed by atoms with E-state index in [2.05, 4.69) is 30.3 Å². The van der Waals surface area contributed by atoms with Gasteiger partial charge in [0.15, 0.2) is 0 Å². The summed E-state index contributed by atoms with van der Waals surface area (Å²) in [4.78, 5) is 0. The third-order valence-corrected chi connectivity index (χ3v) is 2.21. The molecule has 2 nitrogen and oxygen atoms in total. The number of fused-ring (bicyclic) bond motifs is 1. The van der Waals surface area contributed by atoms with E-state index in [9.17, 15) is 0 Å². The Morgan fingerprint density at radius 3 is 2.19 bits per heavy atom. The Labute approximate surface area is 96.2 Å². The number of aliphatic hydroxyl groups excluding tert-OH is 2. The van der Waals surface area contributed by atoms with E-state index >= 15 is 0 Å². The van der Waals surface area contributed by atoms with Crippen molar-refractivity contribution in [3.05, 3.63) is 48.0 Å². The van der Waals surface area contributed by atoms with Crippen LogP contribution >= 0.6 is 0 Å². The van der Waals surface area contributed by atoms with E-state index in [-0.39, 0.29) is 13.2 Å². The average molecular weight is 218 g/mol. The highest BCUT2D eigenvalue weighted by Crippen LogP contribution is 2.15. The summed E-state index contributed by atoms with van der Waals surface area (Å²) in [7, 11) is 0. The van der Waals surface area contributed by atoms with Crippen molar-refractivity contribution >= 4 is 10.8 Å². The van der Waals surface area contributed by atoms with Gasteiger partial charge in [0, 0.05) is 13.2 Å². The van der Waals surface area contributed by atoms with Crippen LogP contribution in [-0.4, -0.2) is 23.4 Å². The van der Waals surface area contributed by atoms with Crippen molar-refractivity contribution in [2.45, 2.75) is 13.3 Å². The smallest absolute Gasteiger partial charge is 0.0471 e.